The number of amides is 1. The number of hydrogen-bond acceptors (Lipinski definition) is 4. The molecule has 0 saturated carbocycles. The second kappa shape index (κ2) is 2.41. The number of rotatable bonds is 0. The van der Waals surface area contributed by atoms with Gasteiger partial charge in [-0.1, -0.05) is 0 Å². The maximum absolute atomic E-state index is 11.1. The summed E-state index contributed by atoms with van der Waals surface area (Å²) in [4.78, 5) is 31.6. The molecule has 3 N–H and O–H groups in total. The number of aromatic nitrogens is 4. The highest BCUT2D eigenvalue weighted by Crippen LogP contribution is 2.01. The Kier molecular flexibility index (Phi) is 1.38. The van der Waals surface area contributed by atoms with E-state index in [0.29, 0.717) is 0 Å². The van der Waals surface area contributed by atoms with Crippen LogP contribution in [0.15, 0.2) is 17.4 Å². The van der Waals surface area contributed by atoms with E-state index < -0.39 is 11.6 Å². The van der Waals surface area contributed by atoms with E-state index in [1.165, 1.54) is 12.7 Å². The number of hydrogen-bond donors (Lipinski definition) is 2. The van der Waals surface area contributed by atoms with Crippen LogP contribution in [0.25, 0.3) is 11.2 Å². The van der Waals surface area contributed by atoms with Crippen molar-refractivity contribution in [1.82, 2.24) is 19.5 Å². The fraction of sp³-hybridized carbons (Fsp3) is 0. The van der Waals surface area contributed by atoms with Gasteiger partial charge in [-0.3, -0.25) is 4.79 Å². The van der Waals surface area contributed by atoms with Gasteiger partial charge in [-0.25, -0.2) is 14.3 Å². The van der Waals surface area contributed by atoms with E-state index in [0.717, 1.165) is 4.57 Å². The zero-order chi connectivity index (χ0) is 9.42. The molecule has 0 aromatic carbocycles. The number of nitrogens with zero attached hydrogens (tertiary/aromatic N) is 3. The fourth-order valence-corrected chi connectivity index (χ4v) is 1.02. The molecule has 0 unspecified atom stereocenters. The smallest absolute Gasteiger partial charge is 0.325 e. The van der Waals surface area contributed by atoms with Gasteiger partial charge in [-0.2, -0.15) is 4.98 Å². The third-order valence-electron chi connectivity index (χ3n) is 1.59. The molecule has 0 radical (unpaired) electrons. The summed E-state index contributed by atoms with van der Waals surface area (Å²) < 4.78 is 1.04. The largest absolute Gasteiger partial charge is 0.351 e. The Bertz CT molecular complexity index is 525. The van der Waals surface area contributed by atoms with Crippen LogP contribution in [0.4, 0.5) is 4.79 Å². The van der Waals surface area contributed by atoms with E-state index in [1.54, 1.807) is 0 Å². The first-order chi connectivity index (χ1) is 6.20. The first-order valence-corrected chi connectivity index (χ1v) is 3.40. The first kappa shape index (κ1) is 7.47. The molecule has 0 fully saturated rings. The van der Waals surface area contributed by atoms with Crippen molar-refractivity contribution in [3.05, 3.63) is 23.0 Å². The minimum atomic E-state index is -0.704. The van der Waals surface area contributed by atoms with Crippen molar-refractivity contribution in [3.8, 4) is 0 Å². The molecule has 0 aliphatic rings. The summed E-state index contributed by atoms with van der Waals surface area (Å²) in [6.45, 7) is 0. The quantitative estimate of drug-likeness (QED) is 0.543. The molecule has 2 aromatic rings. The van der Waals surface area contributed by atoms with Gasteiger partial charge in [0.2, 0.25) is 0 Å². The van der Waals surface area contributed by atoms with Gasteiger partial charge in [0, 0.05) is 0 Å². The maximum atomic E-state index is 11.1. The lowest BCUT2D eigenvalue weighted by Crippen LogP contribution is -2.19. The van der Waals surface area contributed by atoms with Crippen LogP contribution in [0.5, 0.6) is 0 Å². The Labute approximate surface area is 71.2 Å². The number of H-pyrrole nitrogens is 1. The highest BCUT2D eigenvalue weighted by atomic mass is 16.2. The van der Waals surface area contributed by atoms with Gasteiger partial charge in [0.05, 0.1) is 6.33 Å². The molecular weight excluding hydrogens is 174 g/mol. The number of aromatic amines is 1. The van der Waals surface area contributed by atoms with E-state index in [9.17, 15) is 9.59 Å². The Balaban J connectivity index is 2.91. The SMILES string of the molecule is NC(=O)n1cnc2c(=O)nc[nH]c21. The van der Waals surface area contributed by atoms with Crippen molar-refractivity contribution < 1.29 is 4.79 Å². The van der Waals surface area contributed by atoms with Gasteiger partial charge >= 0.3 is 11.6 Å². The number of carbonyl (C=O) groups is 1. The summed E-state index contributed by atoms with van der Waals surface area (Å²) in [6, 6.07) is -0.704. The molecule has 2 rings (SSSR count). The highest BCUT2D eigenvalue weighted by molar-refractivity contribution is 5.85. The molecule has 1 amide bonds. The summed E-state index contributed by atoms with van der Waals surface area (Å²) in [5.74, 6) is 0. The molecule has 0 saturated heterocycles. The van der Waals surface area contributed by atoms with E-state index in [4.69, 9.17) is 5.73 Å². The minimum Gasteiger partial charge on any atom is -0.351 e. The normalized spacial score (nSPS) is 10.5. The zero-order valence-corrected chi connectivity index (χ0v) is 6.39. The summed E-state index contributed by atoms with van der Waals surface area (Å²) in [5.41, 5.74) is 4.88. The second-order valence-corrected chi connectivity index (χ2v) is 2.36. The summed E-state index contributed by atoms with van der Waals surface area (Å²) in [6.07, 6.45) is 2.36. The third-order valence-corrected chi connectivity index (χ3v) is 1.59. The topological polar surface area (TPSA) is 107 Å². The monoisotopic (exact) mass is 179 g/mol. The number of nitrogens with two attached hydrogens (primary N) is 1. The lowest BCUT2D eigenvalue weighted by molar-refractivity contribution is 0.251. The van der Waals surface area contributed by atoms with Crippen molar-refractivity contribution in [1.29, 1.82) is 0 Å². The molecule has 13 heavy (non-hydrogen) atoms. The lowest BCUT2D eigenvalue weighted by Gasteiger charge is -1.94. The number of primary amides is 1. The fourth-order valence-electron chi connectivity index (χ4n) is 1.02. The van der Waals surface area contributed by atoms with Gasteiger partial charge in [0.15, 0.2) is 11.2 Å². The molecule has 7 nitrogen and oxygen atoms in total. The Morgan fingerprint density at radius 2 is 2.31 bits per heavy atom. The lowest BCUT2D eigenvalue weighted by atomic mass is 10.5. The van der Waals surface area contributed by atoms with Crippen molar-refractivity contribution in [2.24, 2.45) is 5.73 Å². The molecule has 2 aromatic heterocycles. The Hall–Kier alpha value is -2.18. The predicted octanol–water partition coefficient (Wildman–Crippen LogP) is -0.954. The number of nitrogens with one attached hydrogen (secondary N) is 1. The van der Waals surface area contributed by atoms with Gasteiger partial charge in [-0.15, -0.1) is 0 Å². The summed E-state index contributed by atoms with van der Waals surface area (Å²) in [5, 5.41) is 0. The molecule has 0 aliphatic carbocycles. The summed E-state index contributed by atoms with van der Waals surface area (Å²) in [7, 11) is 0. The van der Waals surface area contributed by atoms with Crippen LogP contribution in [0.1, 0.15) is 0 Å². The van der Waals surface area contributed by atoms with Crippen molar-refractivity contribution in [3.63, 3.8) is 0 Å². The van der Waals surface area contributed by atoms with Crippen LogP contribution in [0, 0.1) is 0 Å². The van der Waals surface area contributed by atoms with Crippen molar-refractivity contribution >= 4 is 17.2 Å². The molecule has 2 heterocycles. The molecular formula is C6H5N5O2. The third kappa shape index (κ3) is 0.975. The average molecular weight is 179 g/mol. The number of carbonyl (C=O) groups excluding carboxylic acids is 1. The van der Waals surface area contributed by atoms with E-state index in [-0.39, 0.29) is 11.2 Å². The van der Waals surface area contributed by atoms with E-state index >= 15 is 0 Å². The van der Waals surface area contributed by atoms with Crippen molar-refractivity contribution in [2.75, 3.05) is 0 Å². The standard InChI is InChI=1S/C6H5N5O2/c7-6(13)11-2-10-3-4(11)8-1-9-5(3)12/h1-2H,(H2,7,13)(H,8,9,12). The van der Waals surface area contributed by atoms with Crippen LogP contribution >= 0.6 is 0 Å². The Morgan fingerprint density at radius 1 is 1.54 bits per heavy atom. The zero-order valence-electron chi connectivity index (χ0n) is 6.39. The van der Waals surface area contributed by atoms with Gasteiger partial charge in [0.25, 0.3) is 0 Å². The van der Waals surface area contributed by atoms with Gasteiger partial charge in [-0.05, 0) is 0 Å². The molecule has 0 spiro atoms. The van der Waals surface area contributed by atoms with Crippen LogP contribution < -0.4 is 11.3 Å². The van der Waals surface area contributed by atoms with E-state index in [2.05, 4.69) is 15.0 Å². The predicted molar refractivity (Wildman–Crippen MR) is 43.1 cm³/mol. The van der Waals surface area contributed by atoms with E-state index in [1.807, 2.05) is 0 Å². The number of fused-ring (bicyclic) bond motifs is 1. The van der Waals surface area contributed by atoms with Crippen LogP contribution in [0.2, 0.25) is 0 Å². The average Bonchev–Trinajstić information content (AvgIpc) is 2.48. The first-order valence-electron chi connectivity index (χ1n) is 3.40. The molecule has 66 valence electrons. The van der Waals surface area contributed by atoms with Crippen LogP contribution in [-0.2, 0) is 0 Å². The van der Waals surface area contributed by atoms with Crippen molar-refractivity contribution in [2.45, 2.75) is 0 Å². The molecule has 0 atom stereocenters. The van der Waals surface area contributed by atoms with Crippen LogP contribution in [0.3, 0.4) is 0 Å². The molecule has 7 heteroatoms. The minimum absolute atomic E-state index is 0.0984. The Morgan fingerprint density at radius 3 is 3.00 bits per heavy atom. The van der Waals surface area contributed by atoms with Crippen LogP contribution in [-0.4, -0.2) is 25.6 Å². The van der Waals surface area contributed by atoms with Gasteiger partial charge < -0.3 is 10.7 Å². The highest BCUT2D eigenvalue weighted by Gasteiger charge is 2.08. The maximum Gasteiger partial charge on any atom is 0.325 e. The second-order valence-electron chi connectivity index (χ2n) is 2.36. The van der Waals surface area contributed by atoms with Gasteiger partial charge in [0.1, 0.15) is 6.33 Å². The molecule has 0 bridgehead atoms. The summed E-state index contributed by atoms with van der Waals surface area (Å²) >= 11 is 0. The number of imidazole rings is 1. The molecule has 0 aliphatic heterocycles.